The van der Waals surface area contributed by atoms with Crippen molar-refractivity contribution in [3.63, 3.8) is 0 Å². The standard InChI is InChI=1S/C13H18N2O3S/c1-19(17,18)12-5-3-2-4-11(12)14-8-9-15-13(16)10-6-7-10/h2-5,10,14H,6-9H2,1H3,(H,15,16). The van der Waals surface area contributed by atoms with Crippen LogP contribution in [0.2, 0.25) is 0 Å². The van der Waals surface area contributed by atoms with E-state index in [4.69, 9.17) is 0 Å². The summed E-state index contributed by atoms with van der Waals surface area (Å²) < 4.78 is 23.2. The van der Waals surface area contributed by atoms with Crippen molar-refractivity contribution in [1.82, 2.24) is 5.32 Å². The average Bonchev–Trinajstić information content (AvgIpc) is 3.18. The fourth-order valence-electron chi connectivity index (χ4n) is 1.81. The van der Waals surface area contributed by atoms with Crippen molar-refractivity contribution in [3.8, 4) is 0 Å². The molecule has 1 aromatic rings. The molecule has 1 aliphatic rings. The summed E-state index contributed by atoms with van der Waals surface area (Å²) in [6.45, 7) is 0.998. The summed E-state index contributed by atoms with van der Waals surface area (Å²) in [4.78, 5) is 11.7. The molecule has 0 aromatic heterocycles. The third-order valence-corrected chi connectivity index (χ3v) is 4.13. The van der Waals surface area contributed by atoms with Crippen molar-refractivity contribution >= 4 is 21.4 Å². The van der Waals surface area contributed by atoms with Crippen LogP contribution >= 0.6 is 0 Å². The molecule has 2 N–H and O–H groups in total. The summed E-state index contributed by atoms with van der Waals surface area (Å²) in [6, 6.07) is 6.76. The van der Waals surface area contributed by atoms with Crippen LogP contribution in [-0.2, 0) is 14.6 Å². The largest absolute Gasteiger partial charge is 0.382 e. The molecule has 2 rings (SSSR count). The SMILES string of the molecule is CS(=O)(=O)c1ccccc1NCCNC(=O)C1CC1. The lowest BCUT2D eigenvalue weighted by Gasteiger charge is -2.11. The normalized spacial score (nSPS) is 15.0. The molecule has 1 fully saturated rings. The molecule has 0 aliphatic heterocycles. The van der Waals surface area contributed by atoms with E-state index in [1.807, 2.05) is 0 Å². The Bertz CT molecular complexity index is 565. The molecule has 5 nitrogen and oxygen atoms in total. The highest BCUT2D eigenvalue weighted by molar-refractivity contribution is 7.90. The number of hydrogen-bond donors (Lipinski definition) is 2. The zero-order valence-electron chi connectivity index (χ0n) is 10.8. The van der Waals surface area contributed by atoms with Crippen LogP contribution in [-0.4, -0.2) is 33.7 Å². The van der Waals surface area contributed by atoms with Crippen LogP contribution in [0.1, 0.15) is 12.8 Å². The summed E-state index contributed by atoms with van der Waals surface area (Å²) in [6.07, 6.45) is 3.15. The van der Waals surface area contributed by atoms with E-state index in [-0.39, 0.29) is 16.7 Å². The molecule has 0 bridgehead atoms. The van der Waals surface area contributed by atoms with Gasteiger partial charge in [-0.15, -0.1) is 0 Å². The van der Waals surface area contributed by atoms with Gasteiger partial charge in [-0.3, -0.25) is 4.79 Å². The lowest BCUT2D eigenvalue weighted by molar-refractivity contribution is -0.122. The Morgan fingerprint density at radius 1 is 1.26 bits per heavy atom. The van der Waals surface area contributed by atoms with Crippen molar-refractivity contribution < 1.29 is 13.2 Å². The van der Waals surface area contributed by atoms with Gasteiger partial charge >= 0.3 is 0 Å². The van der Waals surface area contributed by atoms with Crippen LogP contribution in [0.3, 0.4) is 0 Å². The van der Waals surface area contributed by atoms with Gasteiger partial charge < -0.3 is 10.6 Å². The summed E-state index contributed by atoms with van der Waals surface area (Å²) in [5.41, 5.74) is 0.575. The van der Waals surface area contributed by atoms with Crippen molar-refractivity contribution in [2.24, 2.45) is 5.92 Å². The second-order valence-corrected chi connectivity index (χ2v) is 6.74. The smallest absolute Gasteiger partial charge is 0.223 e. The zero-order valence-corrected chi connectivity index (χ0v) is 11.7. The summed E-state index contributed by atoms with van der Waals surface area (Å²) in [7, 11) is -3.24. The molecule has 0 atom stereocenters. The number of para-hydroxylation sites is 1. The van der Waals surface area contributed by atoms with E-state index in [9.17, 15) is 13.2 Å². The van der Waals surface area contributed by atoms with Crippen LogP contribution < -0.4 is 10.6 Å². The van der Waals surface area contributed by atoms with E-state index in [1.165, 1.54) is 6.26 Å². The molecule has 0 saturated heterocycles. The van der Waals surface area contributed by atoms with Crippen molar-refractivity contribution in [2.45, 2.75) is 17.7 Å². The highest BCUT2D eigenvalue weighted by atomic mass is 32.2. The van der Waals surface area contributed by atoms with Gasteiger partial charge in [-0.2, -0.15) is 0 Å². The number of nitrogens with one attached hydrogen (secondary N) is 2. The van der Waals surface area contributed by atoms with E-state index < -0.39 is 9.84 Å². The van der Waals surface area contributed by atoms with Crippen LogP contribution in [0.5, 0.6) is 0 Å². The molecule has 0 radical (unpaired) electrons. The Labute approximate surface area is 113 Å². The monoisotopic (exact) mass is 282 g/mol. The quantitative estimate of drug-likeness (QED) is 0.764. The van der Waals surface area contributed by atoms with E-state index in [1.54, 1.807) is 24.3 Å². The minimum atomic E-state index is -3.24. The molecule has 1 aliphatic carbocycles. The Balaban J connectivity index is 1.87. The fourth-order valence-corrected chi connectivity index (χ4v) is 2.67. The van der Waals surface area contributed by atoms with Gasteiger partial charge in [-0.05, 0) is 25.0 Å². The minimum Gasteiger partial charge on any atom is -0.382 e. The van der Waals surface area contributed by atoms with Gasteiger partial charge in [0.05, 0.1) is 10.6 Å². The van der Waals surface area contributed by atoms with Crippen LogP contribution in [0.4, 0.5) is 5.69 Å². The Kier molecular flexibility index (Phi) is 4.09. The molecule has 6 heteroatoms. The first kappa shape index (κ1) is 13.9. The zero-order chi connectivity index (χ0) is 13.9. The van der Waals surface area contributed by atoms with Gasteiger partial charge in [0.2, 0.25) is 5.91 Å². The van der Waals surface area contributed by atoms with Crippen molar-refractivity contribution in [1.29, 1.82) is 0 Å². The van der Waals surface area contributed by atoms with E-state index >= 15 is 0 Å². The maximum absolute atomic E-state index is 11.6. The van der Waals surface area contributed by atoms with Gasteiger partial charge in [-0.25, -0.2) is 8.42 Å². The first-order valence-electron chi connectivity index (χ1n) is 6.29. The predicted molar refractivity (Wildman–Crippen MR) is 73.8 cm³/mol. The topological polar surface area (TPSA) is 75.3 Å². The third kappa shape index (κ3) is 3.96. The summed E-state index contributed by atoms with van der Waals surface area (Å²) >= 11 is 0. The summed E-state index contributed by atoms with van der Waals surface area (Å²) in [5, 5.41) is 5.86. The Morgan fingerprint density at radius 3 is 2.58 bits per heavy atom. The number of sulfone groups is 1. The molecular weight excluding hydrogens is 264 g/mol. The Hall–Kier alpha value is -1.56. The molecule has 19 heavy (non-hydrogen) atoms. The second-order valence-electron chi connectivity index (χ2n) is 4.76. The number of carbonyl (C=O) groups is 1. The van der Waals surface area contributed by atoms with E-state index in [2.05, 4.69) is 10.6 Å². The van der Waals surface area contributed by atoms with Gasteiger partial charge in [0.15, 0.2) is 9.84 Å². The number of hydrogen-bond acceptors (Lipinski definition) is 4. The van der Waals surface area contributed by atoms with Gasteiger partial charge in [0, 0.05) is 25.3 Å². The van der Waals surface area contributed by atoms with Crippen LogP contribution in [0.15, 0.2) is 29.2 Å². The number of benzene rings is 1. The van der Waals surface area contributed by atoms with Crippen molar-refractivity contribution in [2.75, 3.05) is 24.7 Å². The molecule has 0 spiro atoms. The molecule has 1 amide bonds. The lowest BCUT2D eigenvalue weighted by atomic mass is 10.3. The first-order valence-corrected chi connectivity index (χ1v) is 8.18. The molecule has 1 saturated carbocycles. The molecule has 104 valence electrons. The van der Waals surface area contributed by atoms with E-state index in [0.717, 1.165) is 12.8 Å². The van der Waals surface area contributed by atoms with Gasteiger partial charge in [-0.1, -0.05) is 12.1 Å². The Morgan fingerprint density at radius 2 is 1.95 bits per heavy atom. The van der Waals surface area contributed by atoms with E-state index in [0.29, 0.717) is 18.8 Å². The van der Waals surface area contributed by atoms with Crippen LogP contribution in [0.25, 0.3) is 0 Å². The highest BCUT2D eigenvalue weighted by Crippen LogP contribution is 2.28. The first-order chi connectivity index (χ1) is 8.98. The van der Waals surface area contributed by atoms with Gasteiger partial charge in [0.25, 0.3) is 0 Å². The predicted octanol–water partition coefficient (Wildman–Crippen LogP) is 1.03. The maximum Gasteiger partial charge on any atom is 0.223 e. The minimum absolute atomic E-state index is 0.0956. The molecular formula is C13H18N2O3S. The summed E-state index contributed by atoms with van der Waals surface area (Å²) in [5.74, 6) is 0.293. The van der Waals surface area contributed by atoms with Gasteiger partial charge in [0.1, 0.15) is 0 Å². The molecule has 0 unspecified atom stereocenters. The average molecular weight is 282 g/mol. The fraction of sp³-hybridized carbons (Fsp3) is 0.462. The third-order valence-electron chi connectivity index (χ3n) is 2.97. The van der Waals surface area contributed by atoms with Crippen molar-refractivity contribution in [3.05, 3.63) is 24.3 Å². The number of carbonyl (C=O) groups excluding carboxylic acids is 1. The number of anilines is 1. The lowest BCUT2D eigenvalue weighted by Crippen LogP contribution is -2.30. The number of amides is 1. The maximum atomic E-state index is 11.6. The molecule has 1 aromatic carbocycles. The highest BCUT2D eigenvalue weighted by Gasteiger charge is 2.28. The molecule has 0 heterocycles. The number of rotatable bonds is 6. The second kappa shape index (κ2) is 5.61. The van der Waals surface area contributed by atoms with Crippen LogP contribution in [0, 0.1) is 5.92 Å².